The molecule has 116 valence electrons. The van der Waals surface area contributed by atoms with E-state index in [1.165, 1.54) is 5.56 Å². The molecular weight excluding hydrogens is 270 g/mol. The second-order valence-corrected chi connectivity index (χ2v) is 5.64. The standard InChI is InChI=1S/C16H23NO4/c1-12(2)21-14-5-3-13(4-6-14)10-17-7-8-20-15(11-17)9-16(18)19/h3-6,12,15H,7-11H2,1-2H3,(H,18,19). The minimum atomic E-state index is -0.808. The van der Waals surface area contributed by atoms with Crippen molar-refractivity contribution < 1.29 is 19.4 Å². The first-order valence-electron chi connectivity index (χ1n) is 7.34. The van der Waals surface area contributed by atoms with Crippen LogP contribution in [0.5, 0.6) is 5.75 Å². The molecule has 1 heterocycles. The van der Waals surface area contributed by atoms with Gasteiger partial charge >= 0.3 is 5.97 Å². The molecule has 1 aromatic rings. The summed E-state index contributed by atoms with van der Waals surface area (Å²) < 4.78 is 11.1. The number of nitrogens with zero attached hydrogens (tertiary/aromatic N) is 1. The van der Waals surface area contributed by atoms with Gasteiger partial charge in [-0.3, -0.25) is 9.69 Å². The van der Waals surface area contributed by atoms with Crippen molar-refractivity contribution in [2.75, 3.05) is 19.7 Å². The van der Waals surface area contributed by atoms with Crippen molar-refractivity contribution in [3.8, 4) is 5.75 Å². The van der Waals surface area contributed by atoms with E-state index < -0.39 is 5.97 Å². The first kappa shape index (κ1) is 15.8. The molecule has 21 heavy (non-hydrogen) atoms. The Balaban J connectivity index is 1.87. The number of hydrogen-bond acceptors (Lipinski definition) is 4. The van der Waals surface area contributed by atoms with E-state index in [4.69, 9.17) is 14.6 Å². The molecule has 0 radical (unpaired) electrons. The van der Waals surface area contributed by atoms with Gasteiger partial charge in [-0.15, -0.1) is 0 Å². The van der Waals surface area contributed by atoms with Gasteiger partial charge in [0.1, 0.15) is 5.75 Å². The van der Waals surface area contributed by atoms with Gasteiger partial charge in [0, 0.05) is 19.6 Å². The normalized spacial score (nSPS) is 19.7. The molecule has 2 rings (SSSR count). The number of aliphatic carboxylic acids is 1. The third-order valence-corrected chi connectivity index (χ3v) is 3.33. The molecule has 1 aliphatic rings. The van der Waals surface area contributed by atoms with Crippen molar-refractivity contribution in [3.63, 3.8) is 0 Å². The highest BCUT2D eigenvalue weighted by atomic mass is 16.5. The number of benzene rings is 1. The van der Waals surface area contributed by atoms with Crippen molar-refractivity contribution in [1.29, 1.82) is 0 Å². The van der Waals surface area contributed by atoms with Crippen LogP contribution in [0.4, 0.5) is 0 Å². The summed E-state index contributed by atoms with van der Waals surface area (Å²) in [6.07, 6.45) is 0.0316. The van der Waals surface area contributed by atoms with E-state index in [1.54, 1.807) is 0 Å². The number of morpholine rings is 1. The van der Waals surface area contributed by atoms with Crippen molar-refractivity contribution >= 4 is 5.97 Å². The molecule has 0 amide bonds. The van der Waals surface area contributed by atoms with E-state index in [2.05, 4.69) is 17.0 Å². The summed E-state index contributed by atoms with van der Waals surface area (Å²) >= 11 is 0. The lowest BCUT2D eigenvalue weighted by Gasteiger charge is -2.32. The fraction of sp³-hybridized carbons (Fsp3) is 0.562. The summed E-state index contributed by atoms with van der Waals surface area (Å²) in [6, 6.07) is 8.06. The number of hydrogen-bond donors (Lipinski definition) is 1. The average Bonchev–Trinajstić information content (AvgIpc) is 2.40. The Hall–Kier alpha value is -1.59. The number of rotatable bonds is 6. The molecule has 5 nitrogen and oxygen atoms in total. The molecule has 1 saturated heterocycles. The van der Waals surface area contributed by atoms with Crippen LogP contribution >= 0.6 is 0 Å². The van der Waals surface area contributed by atoms with Crippen molar-refractivity contribution in [1.82, 2.24) is 4.90 Å². The summed E-state index contributed by atoms with van der Waals surface area (Å²) in [7, 11) is 0. The van der Waals surface area contributed by atoms with E-state index in [9.17, 15) is 4.79 Å². The SMILES string of the molecule is CC(C)Oc1ccc(CN2CCOC(CC(=O)O)C2)cc1. The first-order chi connectivity index (χ1) is 10.0. The molecule has 1 aliphatic heterocycles. The number of carboxylic acids is 1. The van der Waals surface area contributed by atoms with Gasteiger partial charge in [0.25, 0.3) is 0 Å². The maximum absolute atomic E-state index is 10.7. The largest absolute Gasteiger partial charge is 0.491 e. The van der Waals surface area contributed by atoms with Gasteiger partial charge in [0.15, 0.2) is 0 Å². The van der Waals surface area contributed by atoms with Gasteiger partial charge in [-0.1, -0.05) is 12.1 Å². The fourth-order valence-corrected chi connectivity index (χ4v) is 2.45. The van der Waals surface area contributed by atoms with Crippen LogP contribution in [0.3, 0.4) is 0 Å². The highest BCUT2D eigenvalue weighted by Crippen LogP contribution is 2.17. The van der Waals surface area contributed by atoms with Crippen LogP contribution in [-0.2, 0) is 16.1 Å². The molecule has 0 spiro atoms. The van der Waals surface area contributed by atoms with Crippen LogP contribution < -0.4 is 4.74 Å². The van der Waals surface area contributed by atoms with Crippen LogP contribution in [0.2, 0.25) is 0 Å². The Morgan fingerprint density at radius 1 is 1.43 bits per heavy atom. The third-order valence-electron chi connectivity index (χ3n) is 3.33. The minimum absolute atomic E-state index is 0.0671. The highest BCUT2D eigenvalue weighted by molar-refractivity contribution is 5.67. The zero-order valence-electron chi connectivity index (χ0n) is 12.6. The smallest absolute Gasteiger partial charge is 0.306 e. The molecule has 1 aromatic carbocycles. The van der Waals surface area contributed by atoms with E-state index >= 15 is 0 Å². The Labute approximate surface area is 125 Å². The third kappa shape index (κ3) is 5.36. The Morgan fingerprint density at radius 3 is 2.76 bits per heavy atom. The molecule has 1 N–H and O–H groups in total. The predicted molar refractivity (Wildman–Crippen MR) is 79.5 cm³/mol. The maximum atomic E-state index is 10.7. The molecule has 1 unspecified atom stereocenters. The topological polar surface area (TPSA) is 59.0 Å². The van der Waals surface area contributed by atoms with E-state index in [0.717, 1.165) is 18.8 Å². The van der Waals surface area contributed by atoms with Crippen LogP contribution in [-0.4, -0.2) is 47.9 Å². The predicted octanol–water partition coefficient (Wildman–Crippen LogP) is 2.15. The highest BCUT2D eigenvalue weighted by Gasteiger charge is 2.22. The monoisotopic (exact) mass is 293 g/mol. The molecule has 1 fully saturated rings. The first-order valence-corrected chi connectivity index (χ1v) is 7.34. The van der Waals surface area contributed by atoms with Crippen LogP contribution in [0.1, 0.15) is 25.8 Å². The minimum Gasteiger partial charge on any atom is -0.491 e. The van der Waals surface area contributed by atoms with Crippen molar-refractivity contribution in [3.05, 3.63) is 29.8 Å². The van der Waals surface area contributed by atoms with Gasteiger partial charge in [-0.2, -0.15) is 0 Å². The molecule has 5 heteroatoms. The van der Waals surface area contributed by atoms with Crippen molar-refractivity contribution in [2.24, 2.45) is 0 Å². The average molecular weight is 293 g/mol. The van der Waals surface area contributed by atoms with Crippen LogP contribution in [0.15, 0.2) is 24.3 Å². The second kappa shape index (κ2) is 7.43. The van der Waals surface area contributed by atoms with Gasteiger partial charge in [0.05, 0.1) is 25.2 Å². The Morgan fingerprint density at radius 2 is 2.14 bits per heavy atom. The van der Waals surface area contributed by atoms with Gasteiger partial charge in [-0.05, 0) is 31.5 Å². The Kier molecular flexibility index (Phi) is 5.59. The summed E-state index contributed by atoms with van der Waals surface area (Å²) in [5, 5.41) is 8.83. The maximum Gasteiger partial charge on any atom is 0.306 e. The summed E-state index contributed by atoms with van der Waals surface area (Å²) in [4.78, 5) is 13.0. The second-order valence-electron chi connectivity index (χ2n) is 5.64. The lowest BCUT2D eigenvalue weighted by Crippen LogP contribution is -2.42. The molecule has 0 bridgehead atoms. The quantitative estimate of drug-likeness (QED) is 0.871. The van der Waals surface area contributed by atoms with Gasteiger partial charge in [0.2, 0.25) is 0 Å². The molecule has 0 aliphatic carbocycles. The van der Waals surface area contributed by atoms with E-state index in [-0.39, 0.29) is 18.6 Å². The molecular formula is C16H23NO4. The van der Waals surface area contributed by atoms with E-state index in [1.807, 2.05) is 26.0 Å². The van der Waals surface area contributed by atoms with Gasteiger partial charge in [-0.25, -0.2) is 0 Å². The van der Waals surface area contributed by atoms with Gasteiger partial charge < -0.3 is 14.6 Å². The summed E-state index contributed by atoms with van der Waals surface area (Å²) in [6.45, 7) is 6.90. The lowest BCUT2D eigenvalue weighted by atomic mass is 10.1. The molecule has 0 saturated carbocycles. The number of carbonyl (C=O) groups is 1. The van der Waals surface area contributed by atoms with Crippen LogP contribution in [0.25, 0.3) is 0 Å². The Bertz CT molecular complexity index is 458. The molecule has 0 aromatic heterocycles. The summed E-state index contributed by atoms with van der Waals surface area (Å²) in [5.74, 6) is 0.0662. The lowest BCUT2D eigenvalue weighted by molar-refractivity contribution is -0.142. The summed E-state index contributed by atoms with van der Waals surface area (Å²) in [5.41, 5.74) is 1.20. The zero-order chi connectivity index (χ0) is 15.2. The number of carboxylic acid groups (broad SMARTS) is 1. The fourth-order valence-electron chi connectivity index (χ4n) is 2.45. The number of ether oxygens (including phenoxy) is 2. The zero-order valence-corrected chi connectivity index (χ0v) is 12.6. The van der Waals surface area contributed by atoms with E-state index in [0.29, 0.717) is 13.2 Å². The van der Waals surface area contributed by atoms with Crippen LogP contribution in [0, 0.1) is 0 Å². The molecule has 1 atom stereocenters. The van der Waals surface area contributed by atoms with Crippen molar-refractivity contribution in [2.45, 2.75) is 39.0 Å².